The maximum absolute atomic E-state index is 2.47. The highest BCUT2D eigenvalue weighted by molar-refractivity contribution is 7.20. The van der Waals surface area contributed by atoms with E-state index in [4.69, 9.17) is 0 Å². The maximum Gasteiger partial charge on any atom is 0.0424 e. The molecule has 170 valence electrons. The van der Waals surface area contributed by atoms with Gasteiger partial charge in [-0.1, -0.05) is 76.1 Å². The van der Waals surface area contributed by atoms with Crippen LogP contribution in [0.2, 0.25) is 0 Å². The minimum atomic E-state index is 0.997. The molecule has 1 aliphatic carbocycles. The van der Waals surface area contributed by atoms with E-state index in [0.29, 0.717) is 0 Å². The smallest absolute Gasteiger partial charge is 0.0424 e. The van der Waals surface area contributed by atoms with Crippen LogP contribution in [0.25, 0.3) is 41.7 Å². The van der Waals surface area contributed by atoms with Gasteiger partial charge in [0.1, 0.15) is 0 Å². The first-order chi connectivity index (χ1) is 16.3. The summed E-state index contributed by atoms with van der Waals surface area (Å²) < 4.78 is 2.95. The summed E-state index contributed by atoms with van der Waals surface area (Å²) in [7, 11) is 0. The fourth-order valence-electron chi connectivity index (χ4n) is 5.89. The molecule has 0 unspecified atom stereocenters. The Morgan fingerprint density at radius 2 is 1.21 bits per heavy atom. The molecule has 1 fully saturated rings. The van der Waals surface area contributed by atoms with E-state index in [9.17, 15) is 0 Å². The number of fused-ring (bicyclic) bond motifs is 6. The predicted molar refractivity (Wildman–Crippen MR) is 150 cm³/mol. The fourth-order valence-corrected chi connectivity index (χ4v) is 8.34. The van der Waals surface area contributed by atoms with Crippen LogP contribution in [0.4, 0.5) is 0 Å². The zero-order valence-electron chi connectivity index (χ0n) is 19.8. The van der Waals surface area contributed by atoms with Crippen LogP contribution in [0.1, 0.15) is 74.5 Å². The number of rotatable bonds is 7. The van der Waals surface area contributed by atoms with Gasteiger partial charge in [0.2, 0.25) is 0 Å². The molecule has 0 radical (unpaired) electrons. The summed E-state index contributed by atoms with van der Waals surface area (Å²) in [6, 6.07) is 19.2. The van der Waals surface area contributed by atoms with Gasteiger partial charge < -0.3 is 0 Å². The average molecular weight is 471 g/mol. The Morgan fingerprint density at radius 1 is 0.667 bits per heavy atom. The van der Waals surface area contributed by atoms with E-state index in [-0.39, 0.29) is 0 Å². The summed E-state index contributed by atoms with van der Waals surface area (Å²) in [6.07, 6.45) is 15.1. The number of aryl methyl sites for hydroxylation is 2. The van der Waals surface area contributed by atoms with Crippen molar-refractivity contribution in [3.8, 4) is 0 Å². The Hall–Kier alpha value is -1.90. The van der Waals surface area contributed by atoms with Crippen molar-refractivity contribution in [2.75, 3.05) is 0 Å². The lowest BCUT2D eigenvalue weighted by atomic mass is 9.86. The highest BCUT2D eigenvalue weighted by atomic mass is 32.1. The lowest BCUT2D eigenvalue weighted by Gasteiger charge is -2.21. The summed E-state index contributed by atoms with van der Waals surface area (Å²) >= 11 is 4.05. The Labute approximate surface area is 205 Å². The topological polar surface area (TPSA) is 0 Å². The third-order valence-corrected chi connectivity index (χ3v) is 10.2. The molecule has 5 aromatic rings. The lowest BCUT2D eigenvalue weighted by molar-refractivity contribution is 0.333. The molecule has 0 nitrogen and oxygen atoms in total. The molecule has 0 aliphatic heterocycles. The lowest BCUT2D eigenvalue weighted by Crippen LogP contribution is -2.06. The normalized spacial score (nSPS) is 15.4. The van der Waals surface area contributed by atoms with Gasteiger partial charge in [-0.2, -0.15) is 0 Å². The molecule has 0 bridgehead atoms. The second-order valence-corrected chi connectivity index (χ2v) is 12.5. The van der Waals surface area contributed by atoms with Crippen LogP contribution >= 0.6 is 22.7 Å². The molecule has 0 spiro atoms. The second kappa shape index (κ2) is 9.39. The van der Waals surface area contributed by atoms with Gasteiger partial charge in [0.05, 0.1) is 0 Å². The van der Waals surface area contributed by atoms with Crippen LogP contribution in [0.5, 0.6) is 0 Å². The summed E-state index contributed by atoms with van der Waals surface area (Å²) in [5, 5.41) is 8.48. The fraction of sp³-hybridized carbons (Fsp3) is 0.419. The van der Waals surface area contributed by atoms with Crippen LogP contribution in [-0.2, 0) is 12.8 Å². The second-order valence-electron chi connectivity index (χ2n) is 10.2. The van der Waals surface area contributed by atoms with Crippen molar-refractivity contribution in [1.29, 1.82) is 0 Å². The summed E-state index contributed by atoms with van der Waals surface area (Å²) in [6.45, 7) is 2.28. The monoisotopic (exact) mass is 470 g/mol. The van der Waals surface area contributed by atoms with Crippen molar-refractivity contribution in [2.24, 2.45) is 5.92 Å². The van der Waals surface area contributed by atoms with Gasteiger partial charge in [-0.3, -0.25) is 0 Å². The molecular formula is C31H34S2. The summed E-state index contributed by atoms with van der Waals surface area (Å²) in [4.78, 5) is 3.11. The Morgan fingerprint density at radius 3 is 1.79 bits per heavy atom. The van der Waals surface area contributed by atoms with E-state index in [1.807, 2.05) is 22.7 Å². The number of benzene rings is 3. The molecule has 0 saturated heterocycles. The minimum Gasteiger partial charge on any atom is -0.140 e. The number of hydrogen-bond acceptors (Lipinski definition) is 2. The van der Waals surface area contributed by atoms with E-state index in [1.54, 1.807) is 4.88 Å². The van der Waals surface area contributed by atoms with Gasteiger partial charge in [-0.15, -0.1) is 22.7 Å². The van der Waals surface area contributed by atoms with Crippen molar-refractivity contribution in [3.05, 3.63) is 58.3 Å². The van der Waals surface area contributed by atoms with Gasteiger partial charge in [0.25, 0.3) is 0 Å². The standard InChI is InChI=1S/C31H34S2/c1-2-3-11-26-17-24-15-13-22-20-29-23(19-28(22)30(24)32-26)14-16-25-18-27(33-31(25)29)12-7-10-21-8-5-4-6-9-21/h13-21H,2-12H2,1H3. The van der Waals surface area contributed by atoms with Crippen molar-refractivity contribution < 1.29 is 0 Å². The molecule has 2 heteroatoms. The van der Waals surface area contributed by atoms with Gasteiger partial charge in [0, 0.05) is 29.9 Å². The van der Waals surface area contributed by atoms with Crippen LogP contribution in [0.3, 0.4) is 0 Å². The van der Waals surface area contributed by atoms with Crippen molar-refractivity contribution >= 4 is 64.4 Å². The minimum absolute atomic E-state index is 0.997. The summed E-state index contributed by atoms with van der Waals surface area (Å²) in [5.41, 5.74) is 0. The largest absolute Gasteiger partial charge is 0.140 e. The third kappa shape index (κ3) is 4.33. The first-order valence-corrected chi connectivity index (χ1v) is 14.7. The van der Waals surface area contributed by atoms with E-state index >= 15 is 0 Å². The molecule has 1 aliphatic rings. The third-order valence-electron chi connectivity index (χ3n) is 7.76. The molecular weight excluding hydrogens is 436 g/mol. The van der Waals surface area contributed by atoms with Crippen LogP contribution < -0.4 is 0 Å². The van der Waals surface area contributed by atoms with Crippen molar-refractivity contribution in [2.45, 2.75) is 77.6 Å². The van der Waals surface area contributed by atoms with Crippen LogP contribution in [0.15, 0.2) is 48.5 Å². The average Bonchev–Trinajstić information content (AvgIpc) is 3.46. The molecule has 6 rings (SSSR count). The van der Waals surface area contributed by atoms with Crippen molar-refractivity contribution in [1.82, 2.24) is 0 Å². The Balaban J connectivity index is 1.32. The predicted octanol–water partition coefficient (Wildman–Crippen LogP) is 10.7. The van der Waals surface area contributed by atoms with E-state index in [2.05, 4.69) is 55.5 Å². The molecule has 33 heavy (non-hydrogen) atoms. The molecule has 0 atom stereocenters. The quantitative estimate of drug-likeness (QED) is 0.207. The molecule has 0 amide bonds. The van der Waals surface area contributed by atoms with Gasteiger partial charge in [-0.05, 0) is 77.4 Å². The Kier molecular flexibility index (Phi) is 6.15. The molecule has 1 saturated carbocycles. The van der Waals surface area contributed by atoms with Crippen LogP contribution in [-0.4, -0.2) is 0 Å². The number of hydrogen-bond donors (Lipinski definition) is 0. The van der Waals surface area contributed by atoms with Crippen molar-refractivity contribution in [3.63, 3.8) is 0 Å². The SMILES string of the molecule is CCCCc1cc2ccc3cc4c(ccc5cc(CCCC6CCCCC6)sc54)cc3c2s1. The van der Waals surface area contributed by atoms with Gasteiger partial charge >= 0.3 is 0 Å². The van der Waals surface area contributed by atoms with Crippen LogP contribution in [0, 0.1) is 5.92 Å². The zero-order valence-corrected chi connectivity index (χ0v) is 21.4. The molecule has 0 N–H and O–H groups in total. The molecule has 2 aromatic heterocycles. The highest BCUT2D eigenvalue weighted by Gasteiger charge is 2.14. The van der Waals surface area contributed by atoms with Gasteiger partial charge in [0.15, 0.2) is 0 Å². The summed E-state index contributed by atoms with van der Waals surface area (Å²) in [5.74, 6) is 0.997. The Bertz CT molecular complexity index is 1410. The number of unbranched alkanes of at least 4 members (excludes halogenated alkanes) is 1. The zero-order chi connectivity index (χ0) is 22.2. The molecule has 2 heterocycles. The maximum atomic E-state index is 2.47. The van der Waals surface area contributed by atoms with Gasteiger partial charge in [-0.25, -0.2) is 0 Å². The molecule has 3 aromatic carbocycles. The highest BCUT2D eigenvalue weighted by Crippen LogP contribution is 2.39. The number of thiophene rings is 2. The van der Waals surface area contributed by atoms with E-state index < -0.39 is 0 Å². The van der Waals surface area contributed by atoms with E-state index in [1.165, 1.54) is 117 Å². The van der Waals surface area contributed by atoms with E-state index in [0.717, 1.165) is 5.92 Å². The first-order valence-electron chi connectivity index (χ1n) is 13.1. The first kappa shape index (κ1) is 21.6.